The molecule has 8 heteroatoms. The standard InChI is InChI=1S/C26H24Br3N3O2/c27-20-12-18-1-2-19-13-21(28)15-30-26(19)25(24(18)22(29)14-20)17-5-7-31(8-6-17)23(33)11-16-3-9-32(34)10-4-16/h3-4,9-10,12-15,17,25H,1-2,5-8,11H2. The van der Waals surface area contributed by atoms with Gasteiger partial charge in [-0.1, -0.05) is 31.9 Å². The molecule has 0 radical (unpaired) electrons. The first-order chi connectivity index (χ1) is 16.4. The molecule has 1 unspecified atom stereocenters. The lowest BCUT2D eigenvalue weighted by molar-refractivity contribution is -0.605. The number of likely N-dealkylation sites (tertiary alicyclic amines) is 1. The molecule has 1 atom stereocenters. The summed E-state index contributed by atoms with van der Waals surface area (Å²) in [5.74, 6) is 0.722. The van der Waals surface area contributed by atoms with Gasteiger partial charge in [0.15, 0.2) is 12.4 Å². The number of carbonyl (C=O) groups is 1. The maximum atomic E-state index is 12.9. The van der Waals surface area contributed by atoms with E-state index in [2.05, 4.69) is 66.0 Å². The molecule has 1 aliphatic carbocycles. The van der Waals surface area contributed by atoms with Crippen LogP contribution in [-0.2, 0) is 24.1 Å². The van der Waals surface area contributed by atoms with Crippen molar-refractivity contribution in [3.05, 3.63) is 95.5 Å². The number of benzene rings is 1. The molecule has 3 heterocycles. The second kappa shape index (κ2) is 10.1. The van der Waals surface area contributed by atoms with Crippen LogP contribution in [-0.4, -0.2) is 28.9 Å². The van der Waals surface area contributed by atoms with Crippen LogP contribution < -0.4 is 4.73 Å². The number of hydrogen-bond acceptors (Lipinski definition) is 3. The second-order valence-electron chi connectivity index (χ2n) is 9.10. The average molecular weight is 650 g/mol. The molecule has 176 valence electrons. The van der Waals surface area contributed by atoms with Gasteiger partial charge in [-0.05, 0) is 88.0 Å². The number of piperidine rings is 1. The fourth-order valence-electron chi connectivity index (χ4n) is 5.36. The molecule has 1 aromatic carbocycles. The van der Waals surface area contributed by atoms with Crippen molar-refractivity contribution >= 4 is 53.7 Å². The number of fused-ring (bicyclic) bond motifs is 2. The third-order valence-electron chi connectivity index (χ3n) is 7.01. The number of amides is 1. The molecule has 1 aliphatic heterocycles. The molecule has 0 saturated carbocycles. The Morgan fingerprint density at radius 1 is 1.03 bits per heavy atom. The zero-order chi connectivity index (χ0) is 23.8. The largest absolute Gasteiger partial charge is 0.619 e. The van der Waals surface area contributed by atoms with Crippen molar-refractivity contribution in [1.82, 2.24) is 9.88 Å². The Kier molecular flexibility index (Phi) is 7.09. The quantitative estimate of drug-likeness (QED) is 0.270. The molecule has 0 bridgehead atoms. The molecule has 1 fully saturated rings. The van der Waals surface area contributed by atoms with Gasteiger partial charge in [-0.25, -0.2) is 0 Å². The molecule has 5 nitrogen and oxygen atoms in total. The molecular weight excluding hydrogens is 626 g/mol. The van der Waals surface area contributed by atoms with Crippen LogP contribution in [0.4, 0.5) is 0 Å². The van der Waals surface area contributed by atoms with Crippen LogP contribution in [0.3, 0.4) is 0 Å². The molecule has 2 aliphatic rings. The molecule has 0 N–H and O–H groups in total. The van der Waals surface area contributed by atoms with Crippen LogP contribution >= 0.6 is 47.8 Å². The van der Waals surface area contributed by atoms with Crippen molar-refractivity contribution < 1.29 is 9.52 Å². The van der Waals surface area contributed by atoms with Gasteiger partial charge in [-0.2, -0.15) is 4.73 Å². The zero-order valence-corrected chi connectivity index (χ0v) is 23.3. The molecular formula is C26H24Br3N3O2. The van der Waals surface area contributed by atoms with E-state index in [1.807, 2.05) is 11.1 Å². The summed E-state index contributed by atoms with van der Waals surface area (Å²) >= 11 is 11.1. The van der Waals surface area contributed by atoms with Crippen LogP contribution in [0.25, 0.3) is 0 Å². The van der Waals surface area contributed by atoms with Crippen molar-refractivity contribution in [2.24, 2.45) is 5.92 Å². The Hall–Kier alpha value is -1.77. The topological polar surface area (TPSA) is 60.1 Å². The van der Waals surface area contributed by atoms with Crippen molar-refractivity contribution in [3.8, 4) is 0 Å². The summed E-state index contributed by atoms with van der Waals surface area (Å²) in [6.45, 7) is 1.48. The van der Waals surface area contributed by atoms with Gasteiger partial charge in [0, 0.05) is 50.8 Å². The van der Waals surface area contributed by atoms with Crippen molar-refractivity contribution in [2.75, 3.05) is 13.1 Å². The average Bonchev–Trinajstić information content (AvgIpc) is 2.97. The van der Waals surface area contributed by atoms with Gasteiger partial charge in [0.05, 0.1) is 12.1 Å². The predicted molar refractivity (Wildman–Crippen MR) is 141 cm³/mol. The Morgan fingerprint density at radius 2 is 1.71 bits per heavy atom. The number of carbonyl (C=O) groups excluding carboxylic acids is 1. The number of aryl methyl sites for hydroxylation is 2. The van der Waals surface area contributed by atoms with E-state index in [0.29, 0.717) is 12.3 Å². The third-order valence-corrected chi connectivity index (χ3v) is 8.56. The number of aromatic nitrogens is 2. The SMILES string of the molecule is O=C(Cc1cc[n+]([O-])cc1)N1CCC(C2c3ncc(Br)cc3CCc3cc(Br)cc(Br)c32)CC1. The van der Waals surface area contributed by atoms with Gasteiger partial charge in [0.2, 0.25) is 5.91 Å². The summed E-state index contributed by atoms with van der Waals surface area (Å²) in [5, 5.41) is 11.3. The normalized spacial score (nSPS) is 18.2. The van der Waals surface area contributed by atoms with E-state index in [1.54, 1.807) is 12.1 Å². The van der Waals surface area contributed by atoms with E-state index in [0.717, 1.165) is 62.5 Å². The van der Waals surface area contributed by atoms with Gasteiger partial charge >= 0.3 is 0 Å². The van der Waals surface area contributed by atoms with E-state index < -0.39 is 0 Å². The lowest BCUT2D eigenvalue weighted by Crippen LogP contribution is -2.41. The maximum Gasteiger partial charge on any atom is 0.226 e. The smallest absolute Gasteiger partial charge is 0.226 e. The lowest BCUT2D eigenvalue weighted by Gasteiger charge is -2.37. The summed E-state index contributed by atoms with van der Waals surface area (Å²) in [6, 6.07) is 10.0. The van der Waals surface area contributed by atoms with Gasteiger partial charge in [-0.3, -0.25) is 9.78 Å². The number of halogens is 3. The lowest BCUT2D eigenvalue weighted by atomic mass is 9.76. The third kappa shape index (κ3) is 4.95. The van der Waals surface area contributed by atoms with Crippen LogP contribution in [0.5, 0.6) is 0 Å². The molecule has 0 spiro atoms. The minimum absolute atomic E-state index is 0.121. The molecule has 1 saturated heterocycles. The summed E-state index contributed by atoms with van der Waals surface area (Å²) in [5.41, 5.74) is 6.05. The highest BCUT2D eigenvalue weighted by atomic mass is 79.9. The summed E-state index contributed by atoms with van der Waals surface area (Å²) < 4.78 is 3.96. The minimum atomic E-state index is 0.121. The molecule has 2 aromatic heterocycles. The number of rotatable bonds is 3. The minimum Gasteiger partial charge on any atom is -0.619 e. The van der Waals surface area contributed by atoms with E-state index in [1.165, 1.54) is 34.8 Å². The van der Waals surface area contributed by atoms with Crippen molar-refractivity contribution in [3.63, 3.8) is 0 Å². The van der Waals surface area contributed by atoms with E-state index in [9.17, 15) is 10.0 Å². The fraction of sp³-hybridized carbons (Fsp3) is 0.346. The number of pyridine rings is 2. The van der Waals surface area contributed by atoms with Crippen molar-refractivity contribution in [2.45, 2.75) is 38.0 Å². The summed E-state index contributed by atoms with van der Waals surface area (Å²) in [7, 11) is 0. The van der Waals surface area contributed by atoms with E-state index in [-0.39, 0.29) is 11.8 Å². The van der Waals surface area contributed by atoms with Gasteiger partial charge in [0.25, 0.3) is 0 Å². The van der Waals surface area contributed by atoms with Crippen LogP contribution in [0.2, 0.25) is 0 Å². The zero-order valence-electron chi connectivity index (χ0n) is 18.5. The maximum absolute atomic E-state index is 12.9. The van der Waals surface area contributed by atoms with Gasteiger partial charge in [-0.15, -0.1) is 0 Å². The van der Waals surface area contributed by atoms with Crippen molar-refractivity contribution in [1.29, 1.82) is 0 Å². The Labute approximate surface area is 224 Å². The first-order valence-corrected chi connectivity index (χ1v) is 13.8. The molecule has 3 aromatic rings. The molecule has 34 heavy (non-hydrogen) atoms. The second-order valence-corrected chi connectivity index (χ2v) is 11.8. The Balaban J connectivity index is 1.40. The first-order valence-electron chi connectivity index (χ1n) is 11.5. The highest BCUT2D eigenvalue weighted by molar-refractivity contribution is 9.11. The van der Waals surface area contributed by atoms with E-state index >= 15 is 0 Å². The van der Waals surface area contributed by atoms with Crippen LogP contribution in [0.1, 0.15) is 46.7 Å². The first kappa shape index (κ1) is 23.9. The Morgan fingerprint density at radius 3 is 2.44 bits per heavy atom. The Bertz CT molecular complexity index is 1220. The van der Waals surface area contributed by atoms with Crippen LogP contribution in [0.15, 0.2) is 62.3 Å². The highest BCUT2D eigenvalue weighted by Crippen LogP contribution is 2.46. The molecule has 5 rings (SSSR count). The predicted octanol–water partition coefficient (Wildman–Crippen LogP) is 5.71. The van der Waals surface area contributed by atoms with Crippen LogP contribution in [0, 0.1) is 11.1 Å². The number of nitrogens with zero attached hydrogens (tertiary/aromatic N) is 3. The molecule has 1 amide bonds. The van der Waals surface area contributed by atoms with Gasteiger partial charge < -0.3 is 10.1 Å². The highest BCUT2D eigenvalue weighted by Gasteiger charge is 2.36. The summed E-state index contributed by atoms with van der Waals surface area (Å²) in [4.78, 5) is 19.8. The fourth-order valence-corrected chi connectivity index (χ4v) is 7.30. The summed E-state index contributed by atoms with van der Waals surface area (Å²) in [6.07, 6.45) is 8.94. The number of hydrogen-bond donors (Lipinski definition) is 0. The van der Waals surface area contributed by atoms with Gasteiger partial charge in [0.1, 0.15) is 0 Å². The van der Waals surface area contributed by atoms with E-state index in [4.69, 9.17) is 4.98 Å². The monoisotopic (exact) mass is 647 g/mol.